The number of furan rings is 1. The summed E-state index contributed by atoms with van der Waals surface area (Å²) < 4.78 is 10.8. The fourth-order valence-electron chi connectivity index (χ4n) is 3.49. The normalized spacial score (nSPS) is 20.0. The molecular weight excluding hydrogens is 360 g/mol. The minimum atomic E-state index is -0.293. The highest BCUT2D eigenvalue weighted by molar-refractivity contribution is 6.03. The van der Waals surface area contributed by atoms with Crippen LogP contribution < -0.4 is 10.1 Å². The second-order valence-electron chi connectivity index (χ2n) is 6.81. The lowest BCUT2D eigenvalue weighted by Gasteiger charge is -2.28. The van der Waals surface area contributed by atoms with Crippen molar-refractivity contribution in [3.8, 4) is 5.75 Å². The van der Waals surface area contributed by atoms with E-state index in [1.807, 2.05) is 35.2 Å². The molecule has 0 unspecified atom stereocenters. The summed E-state index contributed by atoms with van der Waals surface area (Å²) in [5, 5.41) is 8.86. The standard InChI is InChI=1S/C20H22N4O4/c1-27-15-6-4-14(5-7-15)16-11-17(18-3-2-10-28-18)24(22-16)20(26)13-23-9-8-21-19(25)12-23/h2-7,10,17H,8-9,11-13H2,1H3,(H,21,25)/t17-/m0/s1. The lowest BCUT2D eigenvalue weighted by atomic mass is 10.0. The number of carbonyl (C=O) groups is 2. The number of amides is 2. The summed E-state index contributed by atoms with van der Waals surface area (Å²) in [6.45, 7) is 1.56. The number of nitrogens with zero attached hydrogens (tertiary/aromatic N) is 3. The lowest BCUT2D eigenvalue weighted by molar-refractivity contribution is -0.135. The van der Waals surface area contributed by atoms with E-state index in [0.717, 1.165) is 17.0 Å². The van der Waals surface area contributed by atoms with E-state index in [2.05, 4.69) is 10.4 Å². The van der Waals surface area contributed by atoms with Crippen LogP contribution in [0.5, 0.6) is 5.75 Å². The molecule has 4 rings (SSSR count). The Morgan fingerprint density at radius 3 is 2.82 bits per heavy atom. The number of hydrazone groups is 1. The number of carbonyl (C=O) groups excluding carboxylic acids is 2. The van der Waals surface area contributed by atoms with Gasteiger partial charge in [0, 0.05) is 19.5 Å². The van der Waals surface area contributed by atoms with Crippen LogP contribution in [0.15, 0.2) is 52.2 Å². The SMILES string of the molecule is COc1ccc(C2=NN(C(=O)CN3CCNC(=O)C3)[C@H](c3ccco3)C2)cc1. The summed E-state index contributed by atoms with van der Waals surface area (Å²) in [7, 11) is 1.62. The molecule has 0 bridgehead atoms. The van der Waals surface area contributed by atoms with Gasteiger partial charge in [-0.25, -0.2) is 5.01 Å². The number of nitrogens with one attached hydrogen (secondary N) is 1. The Morgan fingerprint density at radius 1 is 1.32 bits per heavy atom. The summed E-state index contributed by atoms with van der Waals surface area (Å²) in [6, 6.07) is 11.0. The summed E-state index contributed by atoms with van der Waals surface area (Å²) in [6.07, 6.45) is 2.16. The van der Waals surface area contributed by atoms with Crippen LogP contribution in [0.1, 0.15) is 23.8 Å². The average Bonchev–Trinajstić information content (AvgIpc) is 3.38. The molecular formula is C20H22N4O4. The molecule has 28 heavy (non-hydrogen) atoms. The maximum atomic E-state index is 13.0. The van der Waals surface area contributed by atoms with Crippen molar-refractivity contribution in [2.45, 2.75) is 12.5 Å². The highest BCUT2D eigenvalue weighted by Gasteiger charge is 2.35. The molecule has 0 aliphatic carbocycles. The third-order valence-electron chi connectivity index (χ3n) is 4.94. The van der Waals surface area contributed by atoms with Gasteiger partial charge in [-0.1, -0.05) is 0 Å². The number of ether oxygens (including phenoxy) is 1. The molecule has 8 heteroatoms. The van der Waals surface area contributed by atoms with E-state index >= 15 is 0 Å². The first kappa shape index (κ1) is 18.2. The molecule has 1 fully saturated rings. The van der Waals surface area contributed by atoms with Crippen molar-refractivity contribution in [3.63, 3.8) is 0 Å². The second kappa shape index (κ2) is 7.85. The van der Waals surface area contributed by atoms with Gasteiger partial charge in [-0.15, -0.1) is 0 Å². The van der Waals surface area contributed by atoms with Gasteiger partial charge >= 0.3 is 0 Å². The van der Waals surface area contributed by atoms with Gasteiger partial charge in [-0.2, -0.15) is 5.10 Å². The van der Waals surface area contributed by atoms with Crippen LogP contribution in [0.2, 0.25) is 0 Å². The van der Waals surface area contributed by atoms with Crippen LogP contribution in [0.4, 0.5) is 0 Å². The molecule has 0 radical (unpaired) electrons. The van der Waals surface area contributed by atoms with Gasteiger partial charge in [-0.05, 0) is 42.0 Å². The number of piperazine rings is 1. The van der Waals surface area contributed by atoms with E-state index in [9.17, 15) is 9.59 Å². The van der Waals surface area contributed by atoms with Crippen LogP contribution in [0, 0.1) is 0 Å². The van der Waals surface area contributed by atoms with Gasteiger partial charge in [0.15, 0.2) is 0 Å². The molecule has 2 aliphatic heterocycles. The third kappa shape index (κ3) is 3.77. The minimum Gasteiger partial charge on any atom is -0.497 e. The van der Waals surface area contributed by atoms with E-state index in [1.54, 1.807) is 19.4 Å². The lowest BCUT2D eigenvalue weighted by Crippen LogP contribution is -2.50. The Balaban J connectivity index is 1.56. The van der Waals surface area contributed by atoms with E-state index < -0.39 is 0 Å². The number of rotatable bonds is 5. The molecule has 1 N–H and O–H groups in total. The molecule has 2 aromatic rings. The van der Waals surface area contributed by atoms with Crippen molar-refractivity contribution < 1.29 is 18.7 Å². The van der Waals surface area contributed by atoms with Crippen molar-refractivity contribution in [1.29, 1.82) is 0 Å². The van der Waals surface area contributed by atoms with Gasteiger partial charge in [0.05, 0.1) is 32.2 Å². The number of hydrogen-bond acceptors (Lipinski definition) is 6. The maximum absolute atomic E-state index is 13.0. The smallest absolute Gasteiger partial charge is 0.257 e. The zero-order chi connectivity index (χ0) is 19.5. The summed E-state index contributed by atoms with van der Waals surface area (Å²) in [4.78, 5) is 26.4. The Labute approximate surface area is 162 Å². The molecule has 1 saturated heterocycles. The zero-order valence-corrected chi connectivity index (χ0v) is 15.6. The first-order valence-electron chi connectivity index (χ1n) is 9.20. The predicted octanol–water partition coefficient (Wildman–Crippen LogP) is 1.40. The van der Waals surface area contributed by atoms with Crippen molar-refractivity contribution >= 4 is 17.5 Å². The molecule has 2 aliphatic rings. The van der Waals surface area contributed by atoms with E-state index in [1.165, 1.54) is 5.01 Å². The largest absolute Gasteiger partial charge is 0.497 e. The maximum Gasteiger partial charge on any atom is 0.257 e. The number of methoxy groups -OCH3 is 1. The van der Waals surface area contributed by atoms with E-state index in [0.29, 0.717) is 25.3 Å². The van der Waals surface area contributed by atoms with Crippen molar-refractivity contribution in [2.24, 2.45) is 5.10 Å². The van der Waals surface area contributed by atoms with Crippen LogP contribution in [-0.4, -0.2) is 60.7 Å². The Bertz CT molecular complexity index is 876. The van der Waals surface area contributed by atoms with Crippen molar-refractivity contribution in [2.75, 3.05) is 33.3 Å². The first-order chi connectivity index (χ1) is 13.6. The van der Waals surface area contributed by atoms with Crippen LogP contribution in [0.3, 0.4) is 0 Å². The molecule has 1 aromatic carbocycles. The van der Waals surface area contributed by atoms with Crippen LogP contribution >= 0.6 is 0 Å². The summed E-state index contributed by atoms with van der Waals surface area (Å²) in [5.41, 5.74) is 1.75. The second-order valence-corrected chi connectivity index (χ2v) is 6.81. The van der Waals surface area contributed by atoms with Gasteiger partial charge in [0.2, 0.25) is 5.91 Å². The Morgan fingerprint density at radius 2 is 2.14 bits per heavy atom. The Kier molecular flexibility index (Phi) is 5.12. The Hall–Kier alpha value is -3.13. The van der Waals surface area contributed by atoms with Gasteiger partial charge in [0.25, 0.3) is 5.91 Å². The molecule has 1 aromatic heterocycles. The van der Waals surface area contributed by atoms with Gasteiger partial charge in [-0.3, -0.25) is 14.5 Å². The quantitative estimate of drug-likeness (QED) is 0.845. The van der Waals surface area contributed by atoms with Gasteiger partial charge < -0.3 is 14.5 Å². The van der Waals surface area contributed by atoms with Crippen LogP contribution in [-0.2, 0) is 9.59 Å². The summed E-state index contributed by atoms with van der Waals surface area (Å²) in [5.74, 6) is 1.24. The summed E-state index contributed by atoms with van der Waals surface area (Å²) >= 11 is 0. The number of hydrogen-bond donors (Lipinski definition) is 1. The fourth-order valence-corrected chi connectivity index (χ4v) is 3.49. The van der Waals surface area contributed by atoms with E-state index in [4.69, 9.17) is 9.15 Å². The topological polar surface area (TPSA) is 87.4 Å². The predicted molar refractivity (Wildman–Crippen MR) is 102 cm³/mol. The first-order valence-corrected chi connectivity index (χ1v) is 9.20. The van der Waals surface area contributed by atoms with Gasteiger partial charge in [0.1, 0.15) is 17.6 Å². The van der Waals surface area contributed by atoms with Crippen LogP contribution in [0.25, 0.3) is 0 Å². The molecule has 146 valence electrons. The molecule has 1 atom stereocenters. The highest BCUT2D eigenvalue weighted by Crippen LogP contribution is 2.33. The fraction of sp³-hybridized carbons (Fsp3) is 0.350. The monoisotopic (exact) mass is 382 g/mol. The molecule has 8 nitrogen and oxygen atoms in total. The zero-order valence-electron chi connectivity index (χ0n) is 15.6. The molecule has 0 spiro atoms. The highest BCUT2D eigenvalue weighted by atomic mass is 16.5. The molecule has 3 heterocycles. The van der Waals surface area contributed by atoms with Crippen molar-refractivity contribution in [1.82, 2.24) is 15.2 Å². The van der Waals surface area contributed by atoms with Crippen molar-refractivity contribution in [3.05, 3.63) is 54.0 Å². The third-order valence-corrected chi connectivity index (χ3v) is 4.94. The molecule has 0 saturated carbocycles. The number of benzene rings is 1. The van der Waals surface area contributed by atoms with E-state index in [-0.39, 0.29) is 30.9 Å². The average molecular weight is 382 g/mol. The molecule has 2 amide bonds. The minimum absolute atomic E-state index is 0.0644.